The summed E-state index contributed by atoms with van der Waals surface area (Å²) < 4.78 is 46.7. The van der Waals surface area contributed by atoms with Crippen molar-refractivity contribution in [2.24, 2.45) is 0 Å². The van der Waals surface area contributed by atoms with Crippen LogP contribution in [0, 0.1) is 6.92 Å². The Balaban J connectivity index is 1.48. The molecule has 4 heterocycles. The van der Waals surface area contributed by atoms with Gasteiger partial charge in [0.1, 0.15) is 12.1 Å². The highest BCUT2D eigenvalue weighted by Crippen LogP contribution is 2.30. The molecule has 1 aliphatic heterocycles. The summed E-state index contributed by atoms with van der Waals surface area (Å²) in [6.07, 6.45) is -0.749. The molecule has 12 heteroatoms. The molecule has 0 atom stereocenters. The molecule has 9 nitrogen and oxygen atoms in total. The topological polar surface area (TPSA) is 113 Å². The fourth-order valence-electron chi connectivity index (χ4n) is 3.22. The number of H-pyrrole nitrogens is 1. The molecule has 3 aromatic rings. The second-order valence-electron chi connectivity index (χ2n) is 6.89. The van der Waals surface area contributed by atoms with Gasteiger partial charge < -0.3 is 24.4 Å². The average Bonchev–Trinajstić information content (AvgIpc) is 3.42. The zero-order valence-corrected chi connectivity index (χ0v) is 16.1. The summed E-state index contributed by atoms with van der Waals surface area (Å²) in [5.74, 6) is -0.608. The monoisotopic (exact) mass is 435 g/mol. The van der Waals surface area contributed by atoms with Crippen molar-refractivity contribution in [2.45, 2.75) is 26.2 Å². The minimum Gasteiger partial charge on any atom is -0.469 e. The van der Waals surface area contributed by atoms with Crippen LogP contribution in [0.15, 0.2) is 35.4 Å². The number of carbonyl (C=O) groups excluding carboxylic acids is 2. The van der Waals surface area contributed by atoms with Crippen molar-refractivity contribution in [1.82, 2.24) is 19.9 Å². The quantitative estimate of drug-likeness (QED) is 0.615. The first-order chi connectivity index (χ1) is 14.7. The highest BCUT2D eigenvalue weighted by atomic mass is 19.4. The molecule has 162 valence electrons. The van der Waals surface area contributed by atoms with Gasteiger partial charge in [-0.1, -0.05) is 0 Å². The number of hydrogen-bond acceptors (Lipinski definition) is 6. The first kappa shape index (κ1) is 20.4. The number of halogens is 3. The van der Waals surface area contributed by atoms with Crippen molar-refractivity contribution in [3.05, 3.63) is 59.1 Å². The van der Waals surface area contributed by atoms with Gasteiger partial charge in [-0.05, 0) is 19.1 Å². The fraction of sp³-hybridized carbons (Fsp3) is 0.263. The van der Waals surface area contributed by atoms with Crippen molar-refractivity contribution in [3.8, 4) is 5.88 Å². The third-order valence-corrected chi connectivity index (χ3v) is 4.58. The fourth-order valence-corrected chi connectivity index (χ4v) is 3.22. The van der Waals surface area contributed by atoms with E-state index in [0.717, 1.165) is 6.39 Å². The Bertz CT molecular complexity index is 1120. The minimum atomic E-state index is -4.45. The normalized spacial score (nSPS) is 13.4. The van der Waals surface area contributed by atoms with Crippen LogP contribution in [0.4, 0.5) is 19.0 Å². The molecule has 2 amide bonds. The summed E-state index contributed by atoms with van der Waals surface area (Å²) in [5, 5.41) is 2.61. The zero-order chi connectivity index (χ0) is 22.2. The van der Waals surface area contributed by atoms with Crippen LogP contribution in [-0.4, -0.2) is 44.4 Å². The van der Waals surface area contributed by atoms with Crippen LogP contribution in [0.1, 0.15) is 37.7 Å². The van der Waals surface area contributed by atoms with E-state index in [9.17, 15) is 22.8 Å². The van der Waals surface area contributed by atoms with Crippen molar-refractivity contribution in [2.75, 3.05) is 11.9 Å². The second-order valence-corrected chi connectivity index (χ2v) is 6.89. The summed E-state index contributed by atoms with van der Waals surface area (Å²) in [4.78, 5) is 37.2. The number of oxazole rings is 1. The number of ether oxygens (including phenoxy) is 1. The first-order valence-corrected chi connectivity index (χ1v) is 9.06. The number of anilines is 1. The number of aromatic amines is 1. The van der Waals surface area contributed by atoms with Gasteiger partial charge in [0.15, 0.2) is 24.6 Å². The largest absolute Gasteiger partial charge is 0.469 e. The number of rotatable bonds is 6. The van der Waals surface area contributed by atoms with E-state index in [1.807, 2.05) is 0 Å². The molecule has 0 aliphatic carbocycles. The van der Waals surface area contributed by atoms with Gasteiger partial charge in [-0.25, -0.2) is 9.97 Å². The van der Waals surface area contributed by atoms with E-state index in [1.165, 1.54) is 17.4 Å². The van der Waals surface area contributed by atoms with E-state index < -0.39 is 18.7 Å². The molecule has 0 aromatic carbocycles. The highest BCUT2D eigenvalue weighted by Gasteiger charge is 2.32. The summed E-state index contributed by atoms with van der Waals surface area (Å²) >= 11 is 0. The Morgan fingerprint density at radius 3 is 2.90 bits per heavy atom. The number of aryl methyl sites for hydroxylation is 1. The van der Waals surface area contributed by atoms with Gasteiger partial charge in [-0.2, -0.15) is 13.2 Å². The molecule has 4 rings (SSSR count). The van der Waals surface area contributed by atoms with Gasteiger partial charge in [-0.3, -0.25) is 9.59 Å². The molecule has 0 saturated heterocycles. The number of fused-ring (bicyclic) bond motifs is 1. The minimum absolute atomic E-state index is 0.00119. The molecule has 0 unspecified atom stereocenters. The lowest BCUT2D eigenvalue weighted by Gasteiger charge is -2.14. The average molecular weight is 435 g/mol. The summed E-state index contributed by atoms with van der Waals surface area (Å²) in [6.45, 7) is 0.462. The van der Waals surface area contributed by atoms with Crippen molar-refractivity contribution >= 4 is 17.6 Å². The molecule has 0 bridgehead atoms. The van der Waals surface area contributed by atoms with Gasteiger partial charge >= 0.3 is 6.18 Å². The third kappa shape index (κ3) is 4.37. The number of pyridine rings is 1. The van der Waals surface area contributed by atoms with E-state index in [0.29, 0.717) is 22.4 Å². The van der Waals surface area contributed by atoms with Gasteiger partial charge in [0.05, 0.1) is 13.1 Å². The predicted molar refractivity (Wildman–Crippen MR) is 99.4 cm³/mol. The number of hydrogen-bond donors (Lipinski definition) is 2. The maximum absolute atomic E-state index is 12.8. The molecule has 3 aromatic heterocycles. The highest BCUT2D eigenvalue weighted by molar-refractivity contribution is 6.05. The molecule has 1 aliphatic rings. The Morgan fingerprint density at radius 1 is 1.39 bits per heavy atom. The number of amides is 2. The third-order valence-electron chi connectivity index (χ3n) is 4.58. The maximum Gasteiger partial charge on any atom is 0.422 e. The molecular weight excluding hydrogens is 419 g/mol. The summed E-state index contributed by atoms with van der Waals surface area (Å²) in [5.41, 5.74) is 1.97. The van der Waals surface area contributed by atoms with Crippen molar-refractivity contribution in [3.63, 3.8) is 0 Å². The van der Waals surface area contributed by atoms with Gasteiger partial charge in [0.2, 0.25) is 0 Å². The van der Waals surface area contributed by atoms with E-state index in [2.05, 4.69) is 20.3 Å². The van der Waals surface area contributed by atoms with E-state index >= 15 is 0 Å². The van der Waals surface area contributed by atoms with E-state index in [1.54, 1.807) is 19.1 Å². The van der Waals surface area contributed by atoms with Crippen LogP contribution in [0.2, 0.25) is 0 Å². The van der Waals surface area contributed by atoms with Crippen LogP contribution < -0.4 is 10.1 Å². The smallest absolute Gasteiger partial charge is 0.422 e. The van der Waals surface area contributed by atoms with Crippen LogP contribution in [0.3, 0.4) is 0 Å². The molecule has 0 spiro atoms. The summed E-state index contributed by atoms with van der Waals surface area (Å²) in [6, 6.07) is 3.16. The molecule has 0 radical (unpaired) electrons. The lowest BCUT2D eigenvalue weighted by atomic mass is 10.1. The number of carbonyl (C=O) groups is 2. The molecule has 0 fully saturated rings. The predicted octanol–water partition coefficient (Wildman–Crippen LogP) is 3.06. The Kier molecular flexibility index (Phi) is 5.13. The maximum atomic E-state index is 12.8. The van der Waals surface area contributed by atoms with Crippen LogP contribution in [-0.2, 0) is 13.1 Å². The summed E-state index contributed by atoms with van der Waals surface area (Å²) in [7, 11) is 0. The molecule has 2 N–H and O–H groups in total. The molecule has 0 saturated carbocycles. The lowest BCUT2D eigenvalue weighted by Crippen LogP contribution is -2.23. The standard InChI is InChI=1S/C19H16F3N5O4/c1-10-4-11(25-17(10)31-8-19(20,21)22)5-27-6-13-12(18(27)29)2-3-23-15(13)26-16(28)14-7-30-9-24-14/h2-4,7,9,25H,5-6,8H2,1H3,(H,23,26,28). The second kappa shape index (κ2) is 7.78. The van der Waals surface area contributed by atoms with Gasteiger partial charge in [0.25, 0.3) is 11.8 Å². The Hall–Kier alpha value is -3.83. The van der Waals surface area contributed by atoms with E-state index in [4.69, 9.17) is 9.15 Å². The SMILES string of the molecule is Cc1cc(CN2Cc3c(ccnc3NC(=O)c3cocn3)C2=O)[nH]c1OCC(F)(F)F. The van der Waals surface area contributed by atoms with Crippen LogP contribution in [0.5, 0.6) is 5.88 Å². The number of nitrogens with one attached hydrogen (secondary N) is 2. The molecule has 31 heavy (non-hydrogen) atoms. The number of nitrogens with zero attached hydrogens (tertiary/aromatic N) is 3. The number of alkyl halides is 3. The van der Waals surface area contributed by atoms with Crippen LogP contribution in [0.25, 0.3) is 0 Å². The lowest BCUT2D eigenvalue weighted by molar-refractivity contribution is -0.154. The Morgan fingerprint density at radius 2 is 2.19 bits per heavy atom. The van der Waals surface area contributed by atoms with Gasteiger partial charge in [0, 0.05) is 28.6 Å². The van der Waals surface area contributed by atoms with Crippen molar-refractivity contribution < 1.29 is 31.9 Å². The van der Waals surface area contributed by atoms with Gasteiger partial charge in [-0.15, -0.1) is 0 Å². The Labute approximate surface area is 173 Å². The molecular formula is C19H16F3N5O4. The first-order valence-electron chi connectivity index (χ1n) is 9.06. The van der Waals surface area contributed by atoms with Crippen LogP contribution >= 0.6 is 0 Å². The van der Waals surface area contributed by atoms with E-state index in [-0.39, 0.29) is 36.4 Å². The number of aromatic nitrogens is 3. The van der Waals surface area contributed by atoms with Crippen molar-refractivity contribution in [1.29, 1.82) is 0 Å². The zero-order valence-electron chi connectivity index (χ0n) is 16.1.